The maximum Gasteiger partial charge on any atom is 0.322 e. The van der Waals surface area contributed by atoms with Crippen molar-refractivity contribution < 1.29 is 14.3 Å². The Labute approximate surface area is 126 Å². The smallest absolute Gasteiger partial charge is 0.322 e. The first-order chi connectivity index (χ1) is 10.1. The second kappa shape index (κ2) is 6.76. The summed E-state index contributed by atoms with van der Waals surface area (Å²) in [4.78, 5) is 14.5. The van der Waals surface area contributed by atoms with Crippen molar-refractivity contribution in [3.05, 3.63) is 48.2 Å². The summed E-state index contributed by atoms with van der Waals surface area (Å²) in [7, 11) is 0. The van der Waals surface area contributed by atoms with Gasteiger partial charge in [-0.05, 0) is 19.4 Å². The molecule has 1 aliphatic rings. The lowest BCUT2D eigenvalue weighted by Crippen LogP contribution is -2.61. The Hall–Kier alpha value is -1.81. The van der Waals surface area contributed by atoms with Crippen LogP contribution in [0.3, 0.4) is 0 Å². The van der Waals surface area contributed by atoms with Crippen LogP contribution in [-0.2, 0) is 20.8 Å². The number of hydrogen-bond acceptors (Lipinski definition) is 4. The predicted molar refractivity (Wildman–Crippen MR) is 81.6 cm³/mol. The second-order valence-electron chi connectivity index (χ2n) is 5.29. The van der Waals surface area contributed by atoms with E-state index >= 15 is 0 Å². The monoisotopic (exact) mass is 289 g/mol. The first kappa shape index (κ1) is 15.6. The number of hydrogen-bond donors (Lipinski definition) is 0. The molecule has 0 atom stereocenters. The molecule has 2 rings (SSSR count). The van der Waals surface area contributed by atoms with E-state index in [0.717, 1.165) is 6.54 Å². The normalized spacial score (nSPS) is 16.9. The third kappa shape index (κ3) is 3.27. The van der Waals surface area contributed by atoms with Crippen LogP contribution < -0.4 is 0 Å². The van der Waals surface area contributed by atoms with E-state index in [-0.39, 0.29) is 5.97 Å². The SMILES string of the molecule is C=C(OCC)C1(C(=O)OCC)CN(Cc2ccccc2)C1. The Bertz CT molecular complexity index is 472. The van der Waals surface area contributed by atoms with Crippen LogP contribution in [0.5, 0.6) is 0 Å². The number of rotatable bonds is 7. The molecule has 0 spiro atoms. The molecule has 1 fully saturated rings. The predicted octanol–water partition coefficient (Wildman–Crippen LogP) is 2.60. The van der Waals surface area contributed by atoms with Gasteiger partial charge in [0.1, 0.15) is 11.2 Å². The number of ether oxygens (including phenoxy) is 2. The van der Waals surface area contributed by atoms with E-state index in [9.17, 15) is 4.79 Å². The van der Waals surface area contributed by atoms with Gasteiger partial charge in [-0.2, -0.15) is 0 Å². The van der Waals surface area contributed by atoms with Crippen LogP contribution in [0.1, 0.15) is 19.4 Å². The quantitative estimate of drug-likeness (QED) is 0.571. The molecule has 1 aliphatic heterocycles. The van der Waals surface area contributed by atoms with Gasteiger partial charge in [-0.1, -0.05) is 36.9 Å². The standard InChI is InChI=1S/C17H23NO3/c1-4-20-14(3)17(16(19)21-5-2)12-18(13-17)11-15-9-7-6-8-10-15/h6-10H,3-5,11-13H2,1-2H3. The first-order valence-corrected chi connectivity index (χ1v) is 7.38. The molecule has 1 aromatic carbocycles. The maximum absolute atomic E-state index is 12.3. The zero-order valence-electron chi connectivity index (χ0n) is 12.8. The molecule has 0 unspecified atom stereocenters. The van der Waals surface area contributed by atoms with Gasteiger partial charge < -0.3 is 9.47 Å². The molecule has 0 amide bonds. The number of benzene rings is 1. The fourth-order valence-electron chi connectivity index (χ4n) is 2.67. The lowest BCUT2D eigenvalue weighted by Gasteiger charge is -2.48. The van der Waals surface area contributed by atoms with Crippen molar-refractivity contribution in [3.8, 4) is 0 Å². The highest BCUT2D eigenvalue weighted by atomic mass is 16.5. The van der Waals surface area contributed by atoms with Crippen LogP contribution in [0.15, 0.2) is 42.7 Å². The van der Waals surface area contributed by atoms with Gasteiger partial charge in [0.15, 0.2) is 0 Å². The molecule has 0 aliphatic carbocycles. The Morgan fingerprint density at radius 2 is 1.81 bits per heavy atom. The summed E-state index contributed by atoms with van der Waals surface area (Å²) in [5, 5.41) is 0. The molecule has 4 heteroatoms. The Balaban J connectivity index is 2.02. The van der Waals surface area contributed by atoms with E-state index in [2.05, 4.69) is 23.6 Å². The lowest BCUT2D eigenvalue weighted by molar-refractivity contribution is -0.167. The summed E-state index contributed by atoms with van der Waals surface area (Å²) >= 11 is 0. The van der Waals surface area contributed by atoms with Crippen molar-refractivity contribution in [1.29, 1.82) is 0 Å². The van der Waals surface area contributed by atoms with Gasteiger partial charge in [-0.3, -0.25) is 9.69 Å². The molecule has 0 bridgehead atoms. The summed E-state index contributed by atoms with van der Waals surface area (Å²) < 4.78 is 10.7. The van der Waals surface area contributed by atoms with Crippen molar-refractivity contribution in [1.82, 2.24) is 4.90 Å². The molecule has 4 nitrogen and oxygen atoms in total. The van der Waals surface area contributed by atoms with Crippen LogP contribution in [0.2, 0.25) is 0 Å². The third-order valence-corrected chi connectivity index (χ3v) is 3.75. The zero-order valence-corrected chi connectivity index (χ0v) is 12.8. The van der Waals surface area contributed by atoms with E-state index in [1.165, 1.54) is 5.56 Å². The highest BCUT2D eigenvalue weighted by Gasteiger charge is 2.53. The fraction of sp³-hybridized carbons (Fsp3) is 0.471. The van der Waals surface area contributed by atoms with E-state index in [1.807, 2.05) is 32.0 Å². The van der Waals surface area contributed by atoms with Crippen LogP contribution in [0.4, 0.5) is 0 Å². The van der Waals surface area contributed by atoms with Crippen LogP contribution in [0.25, 0.3) is 0 Å². The van der Waals surface area contributed by atoms with Crippen molar-refractivity contribution in [2.45, 2.75) is 20.4 Å². The highest BCUT2D eigenvalue weighted by Crippen LogP contribution is 2.39. The lowest BCUT2D eigenvalue weighted by atomic mass is 9.77. The zero-order chi connectivity index (χ0) is 15.3. The number of carbonyl (C=O) groups excluding carboxylic acids is 1. The van der Waals surface area contributed by atoms with Crippen molar-refractivity contribution in [2.24, 2.45) is 5.41 Å². The number of nitrogens with zero attached hydrogens (tertiary/aromatic N) is 1. The second-order valence-corrected chi connectivity index (χ2v) is 5.29. The number of carbonyl (C=O) groups is 1. The Kier molecular flexibility index (Phi) is 5.02. The molecule has 0 N–H and O–H groups in total. The van der Waals surface area contributed by atoms with Crippen molar-refractivity contribution >= 4 is 5.97 Å². The molecular formula is C17H23NO3. The van der Waals surface area contributed by atoms with Crippen LogP contribution in [-0.4, -0.2) is 37.2 Å². The summed E-state index contributed by atoms with van der Waals surface area (Å²) in [5.41, 5.74) is 0.526. The van der Waals surface area contributed by atoms with Gasteiger partial charge in [0.2, 0.25) is 0 Å². The molecular weight excluding hydrogens is 266 g/mol. The minimum Gasteiger partial charge on any atom is -0.498 e. The maximum atomic E-state index is 12.3. The molecule has 0 aromatic heterocycles. The summed E-state index contributed by atoms with van der Waals surface area (Å²) in [6, 6.07) is 10.2. The molecule has 0 saturated carbocycles. The van der Waals surface area contributed by atoms with E-state index < -0.39 is 5.41 Å². The van der Waals surface area contributed by atoms with Gasteiger partial charge in [0, 0.05) is 19.6 Å². The number of esters is 1. The van der Waals surface area contributed by atoms with Crippen LogP contribution in [0, 0.1) is 5.41 Å². The van der Waals surface area contributed by atoms with Crippen molar-refractivity contribution in [3.63, 3.8) is 0 Å². The molecule has 1 heterocycles. The molecule has 114 valence electrons. The van der Waals surface area contributed by atoms with Gasteiger partial charge in [-0.25, -0.2) is 0 Å². The van der Waals surface area contributed by atoms with Gasteiger partial charge >= 0.3 is 5.97 Å². The summed E-state index contributed by atoms with van der Waals surface area (Å²) in [5.74, 6) is 0.292. The third-order valence-electron chi connectivity index (χ3n) is 3.75. The average molecular weight is 289 g/mol. The first-order valence-electron chi connectivity index (χ1n) is 7.38. The van der Waals surface area contributed by atoms with Gasteiger partial charge in [-0.15, -0.1) is 0 Å². The average Bonchev–Trinajstić information content (AvgIpc) is 2.43. The Morgan fingerprint density at radius 3 is 2.38 bits per heavy atom. The van der Waals surface area contributed by atoms with Crippen molar-refractivity contribution in [2.75, 3.05) is 26.3 Å². The summed E-state index contributed by atoms with van der Waals surface area (Å²) in [6.45, 7) is 10.5. The van der Waals surface area contributed by atoms with Gasteiger partial charge in [0.25, 0.3) is 0 Å². The topological polar surface area (TPSA) is 38.8 Å². The largest absolute Gasteiger partial charge is 0.498 e. The van der Waals surface area contributed by atoms with E-state index in [4.69, 9.17) is 9.47 Å². The molecule has 1 saturated heterocycles. The van der Waals surface area contributed by atoms with E-state index in [0.29, 0.717) is 32.1 Å². The molecule has 0 radical (unpaired) electrons. The Morgan fingerprint density at radius 1 is 1.19 bits per heavy atom. The van der Waals surface area contributed by atoms with E-state index in [1.54, 1.807) is 0 Å². The minimum atomic E-state index is -0.708. The summed E-state index contributed by atoms with van der Waals surface area (Å²) in [6.07, 6.45) is 0. The minimum absolute atomic E-state index is 0.229. The fourth-order valence-corrected chi connectivity index (χ4v) is 2.67. The number of likely N-dealkylation sites (tertiary alicyclic amines) is 1. The highest BCUT2D eigenvalue weighted by molar-refractivity contribution is 5.82. The molecule has 21 heavy (non-hydrogen) atoms. The molecule has 1 aromatic rings. The van der Waals surface area contributed by atoms with Gasteiger partial charge in [0.05, 0.1) is 13.2 Å². The van der Waals surface area contributed by atoms with Crippen LogP contribution >= 0.6 is 0 Å².